The number of carbonyl (C=O) groups excluding carboxylic acids is 1. The van der Waals surface area contributed by atoms with Gasteiger partial charge in [0.05, 0.1) is 11.8 Å². The number of hydrogen-bond acceptors (Lipinski definition) is 5. The minimum atomic E-state index is -0.542. The van der Waals surface area contributed by atoms with Crippen molar-refractivity contribution in [2.24, 2.45) is 0 Å². The fourth-order valence-electron chi connectivity index (χ4n) is 2.78. The van der Waals surface area contributed by atoms with Gasteiger partial charge >= 0.3 is 0 Å². The molecule has 0 saturated heterocycles. The normalized spacial score (nSPS) is 10.8. The summed E-state index contributed by atoms with van der Waals surface area (Å²) in [7, 11) is 0. The van der Waals surface area contributed by atoms with Crippen molar-refractivity contribution in [3.05, 3.63) is 77.3 Å². The van der Waals surface area contributed by atoms with Crippen LogP contribution in [0.3, 0.4) is 0 Å². The number of nitrogens with zero attached hydrogens (tertiary/aromatic N) is 2. The number of carbonyl (C=O) groups is 1. The number of anilines is 1. The van der Waals surface area contributed by atoms with Crippen LogP contribution in [-0.4, -0.2) is 16.1 Å². The highest BCUT2D eigenvalue weighted by atomic mass is 19.1. The smallest absolute Gasteiger partial charge is 0.283 e. The first kappa shape index (κ1) is 17.7. The van der Waals surface area contributed by atoms with Crippen molar-refractivity contribution in [3.8, 4) is 23.1 Å². The molecule has 0 unspecified atom stereocenters. The summed E-state index contributed by atoms with van der Waals surface area (Å²) in [6.45, 7) is 3.78. The lowest BCUT2D eigenvalue weighted by Crippen LogP contribution is -2.13. The minimum Gasteiger partial charge on any atom is -0.459 e. The summed E-state index contributed by atoms with van der Waals surface area (Å²) in [6, 6.07) is 13.2. The SMILES string of the molecule is Cc1ccc(C)c(C(=O)Nc2ccc(F)c(-c3nnc(-c4ccco4)o3)c2)c1. The molecule has 7 heteroatoms. The molecule has 140 valence electrons. The summed E-state index contributed by atoms with van der Waals surface area (Å²) in [4.78, 5) is 12.6. The molecule has 0 saturated carbocycles. The van der Waals surface area contributed by atoms with E-state index in [0.717, 1.165) is 11.1 Å². The standard InChI is InChI=1S/C21H16FN3O3/c1-12-5-6-13(2)15(10-12)19(26)23-14-7-8-17(22)16(11-14)20-24-25-21(28-20)18-4-3-9-27-18/h3-11H,1-2H3,(H,23,26). The quantitative estimate of drug-likeness (QED) is 0.541. The highest BCUT2D eigenvalue weighted by Gasteiger charge is 2.17. The zero-order valence-corrected chi connectivity index (χ0v) is 15.2. The Morgan fingerprint density at radius 3 is 2.64 bits per heavy atom. The molecule has 0 fully saturated rings. The first-order valence-corrected chi connectivity index (χ1v) is 8.57. The predicted octanol–water partition coefficient (Wildman–Crippen LogP) is 5.00. The van der Waals surface area contributed by atoms with Crippen molar-refractivity contribution in [1.29, 1.82) is 0 Å². The number of benzene rings is 2. The van der Waals surface area contributed by atoms with Crippen LogP contribution in [0.2, 0.25) is 0 Å². The van der Waals surface area contributed by atoms with Crippen molar-refractivity contribution in [1.82, 2.24) is 10.2 Å². The van der Waals surface area contributed by atoms with Crippen molar-refractivity contribution in [2.45, 2.75) is 13.8 Å². The molecule has 0 atom stereocenters. The molecule has 28 heavy (non-hydrogen) atoms. The van der Waals surface area contributed by atoms with Gasteiger partial charge in [-0.15, -0.1) is 10.2 Å². The summed E-state index contributed by atoms with van der Waals surface area (Å²) >= 11 is 0. The molecule has 1 amide bonds. The van der Waals surface area contributed by atoms with Gasteiger partial charge < -0.3 is 14.2 Å². The third-order valence-electron chi connectivity index (χ3n) is 4.25. The number of hydrogen-bond donors (Lipinski definition) is 1. The largest absolute Gasteiger partial charge is 0.459 e. The number of furan rings is 1. The van der Waals surface area contributed by atoms with Gasteiger partial charge in [-0.3, -0.25) is 4.79 Å². The van der Waals surface area contributed by atoms with Crippen LogP contribution >= 0.6 is 0 Å². The zero-order chi connectivity index (χ0) is 19.7. The summed E-state index contributed by atoms with van der Waals surface area (Å²) in [6.07, 6.45) is 1.48. The molecule has 4 rings (SSSR count). The van der Waals surface area contributed by atoms with Crippen LogP contribution in [0.4, 0.5) is 10.1 Å². The van der Waals surface area contributed by atoms with E-state index in [-0.39, 0.29) is 23.3 Å². The van der Waals surface area contributed by atoms with E-state index in [0.29, 0.717) is 17.0 Å². The van der Waals surface area contributed by atoms with E-state index in [9.17, 15) is 9.18 Å². The van der Waals surface area contributed by atoms with Crippen LogP contribution in [0.25, 0.3) is 23.1 Å². The maximum absolute atomic E-state index is 14.3. The van der Waals surface area contributed by atoms with Crippen LogP contribution in [0.5, 0.6) is 0 Å². The molecule has 4 aromatic rings. The molecule has 2 heterocycles. The van der Waals surface area contributed by atoms with E-state index in [1.807, 2.05) is 32.0 Å². The van der Waals surface area contributed by atoms with Crippen molar-refractivity contribution < 1.29 is 18.0 Å². The lowest BCUT2D eigenvalue weighted by Gasteiger charge is -2.09. The second-order valence-corrected chi connectivity index (χ2v) is 6.36. The topological polar surface area (TPSA) is 81.2 Å². The molecular weight excluding hydrogens is 361 g/mol. The Balaban J connectivity index is 1.62. The molecule has 1 N–H and O–H groups in total. The Bertz CT molecular complexity index is 1150. The van der Waals surface area contributed by atoms with Gasteiger partial charge in [0.25, 0.3) is 17.7 Å². The first-order chi connectivity index (χ1) is 13.5. The Morgan fingerprint density at radius 1 is 1.04 bits per heavy atom. The summed E-state index contributed by atoms with van der Waals surface area (Å²) in [5.74, 6) is -0.297. The van der Waals surface area contributed by atoms with Crippen molar-refractivity contribution >= 4 is 11.6 Å². The third-order valence-corrected chi connectivity index (χ3v) is 4.25. The van der Waals surface area contributed by atoms with Crippen molar-refractivity contribution in [2.75, 3.05) is 5.32 Å². The van der Waals surface area contributed by atoms with Crippen LogP contribution in [0.15, 0.2) is 63.6 Å². The Morgan fingerprint density at radius 2 is 1.86 bits per heavy atom. The monoisotopic (exact) mass is 377 g/mol. The van der Waals surface area contributed by atoms with E-state index in [1.54, 1.807) is 12.1 Å². The zero-order valence-electron chi connectivity index (χ0n) is 15.2. The van der Waals surface area contributed by atoms with Crippen LogP contribution in [0, 0.1) is 19.7 Å². The lowest BCUT2D eigenvalue weighted by molar-refractivity contribution is 0.102. The highest BCUT2D eigenvalue weighted by molar-refractivity contribution is 6.05. The van der Waals surface area contributed by atoms with Crippen LogP contribution in [0.1, 0.15) is 21.5 Å². The fraction of sp³-hybridized carbons (Fsp3) is 0.0952. The predicted molar refractivity (Wildman–Crippen MR) is 101 cm³/mol. The van der Waals surface area contributed by atoms with Crippen LogP contribution in [-0.2, 0) is 0 Å². The van der Waals surface area contributed by atoms with Gasteiger partial charge in [0.15, 0.2) is 5.76 Å². The number of aromatic nitrogens is 2. The molecule has 6 nitrogen and oxygen atoms in total. The van der Waals surface area contributed by atoms with Crippen molar-refractivity contribution in [3.63, 3.8) is 0 Å². The molecule has 2 aromatic carbocycles. The summed E-state index contributed by atoms with van der Waals surface area (Å²) in [5.41, 5.74) is 2.89. The van der Waals surface area contributed by atoms with E-state index >= 15 is 0 Å². The summed E-state index contributed by atoms with van der Waals surface area (Å²) in [5, 5.41) is 10.5. The molecule has 2 aromatic heterocycles. The van der Waals surface area contributed by atoms with E-state index in [4.69, 9.17) is 8.83 Å². The van der Waals surface area contributed by atoms with Gasteiger partial charge in [0, 0.05) is 11.3 Å². The Labute approximate surface area is 160 Å². The van der Waals surface area contributed by atoms with Gasteiger partial charge in [0.1, 0.15) is 5.82 Å². The molecule has 0 aliphatic carbocycles. The molecule has 0 radical (unpaired) electrons. The van der Waals surface area contributed by atoms with Gasteiger partial charge in [-0.1, -0.05) is 17.7 Å². The average Bonchev–Trinajstić information content (AvgIpc) is 3.36. The average molecular weight is 377 g/mol. The summed E-state index contributed by atoms with van der Waals surface area (Å²) < 4.78 is 25.0. The van der Waals surface area contributed by atoms with Crippen LogP contribution < -0.4 is 5.32 Å². The first-order valence-electron chi connectivity index (χ1n) is 8.57. The van der Waals surface area contributed by atoms with Gasteiger partial charge in [0.2, 0.25) is 0 Å². The number of nitrogens with one attached hydrogen (secondary N) is 1. The van der Waals surface area contributed by atoms with Gasteiger partial charge in [-0.25, -0.2) is 4.39 Å². The number of amides is 1. The molecule has 0 aliphatic rings. The van der Waals surface area contributed by atoms with E-state index in [2.05, 4.69) is 15.5 Å². The number of aryl methyl sites for hydroxylation is 2. The molecule has 0 bridgehead atoms. The fourth-order valence-corrected chi connectivity index (χ4v) is 2.78. The highest BCUT2D eigenvalue weighted by Crippen LogP contribution is 2.28. The lowest BCUT2D eigenvalue weighted by atomic mass is 10.0. The third kappa shape index (κ3) is 3.42. The molecular formula is C21H16FN3O3. The van der Waals surface area contributed by atoms with Gasteiger partial charge in [-0.2, -0.15) is 0 Å². The number of rotatable bonds is 4. The van der Waals surface area contributed by atoms with E-state index in [1.165, 1.54) is 24.5 Å². The molecule has 0 spiro atoms. The molecule has 0 aliphatic heterocycles. The second kappa shape index (κ2) is 7.11. The van der Waals surface area contributed by atoms with E-state index < -0.39 is 5.82 Å². The second-order valence-electron chi connectivity index (χ2n) is 6.36. The van der Waals surface area contributed by atoms with Gasteiger partial charge in [-0.05, 0) is 55.8 Å². The minimum absolute atomic E-state index is 0.00765. The number of halogens is 1. The Hall–Kier alpha value is -3.74. The Kier molecular flexibility index (Phi) is 4.49. The maximum atomic E-state index is 14.3. The maximum Gasteiger partial charge on any atom is 0.283 e.